The van der Waals surface area contributed by atoms with Gasteiger partial charge in [0.1, 0.15) is 17.2 Å². The summed E-state index contributed by atoms with van der Waals surface area (Å²) in [7, 11) is 0. The van der Waals surface area contributed by atoms with E-state index in [0.717, 1.165) is 6.07 Å². The van der Waals surface area contributed by atoms with Crippen molar-refractivity contribution < 1.29 is 18.3 Å². The number of ether oxygens (including phenoxy) is 1. The van der Waals surface area contributed by atoms with Crippen LogP contribution in [-0.2, 0) is 4.74 Å². The molecule has 1 aliphatic heterocycles. The first kappa shape index (κ1) is 13.8. The Morgan fingerprint density at radius 2 is 1.95 bits per heavy atom. The maximum atomic E-state index is 13.5. The first-order valence-corrected chi connectivity index (χ1v) is 6.19. The van der Waals surface area contributed by atoms with Crippen molar-refractivity contribution >= 4 is 6.09 Å². The Balaban J connectivity index is 1.94. The monoisotopic (exact) mass is 269 g/mol. The largest absolute Gasteiger partial charge is 0.444 e. The van der Waals surface area contributed by atoms with Gasteiger partial charge in [0.05, 0.1) is 0 Å². The minimum absolute atomic E-state index is 0.0897. The van der Waals surface area contributed by atoms with Crippen molar-refractivity contribution in [3.8, 4) is 0 Å². The second-order valence-corrected chi connectivity index (χ2v) is 5.75. The molecule has 1 heterocycles. The molecule has 1 amide bonds. The molecule has 0 saturated carbocycles. The van der Waals surface area contributed by atoms with Gasteiger partial charge in [0.2, 0.25) is 0 Å². The number of hydrogen-bond acceptors (Lipinski definition) is 2. The van der Waals surface area contributed by atoms with Gasteiger partial charge in [0, 0.05) is 25.1 Å². The highest BCUT2D eigenvalue weighted by Crippen LogP contribution is 2.30. The zero-order chi connectivity index (χ0) is 14.2. The Labute approximate surface area is 111 Å². The van der Waals surface area contributed by atoms with E-state index in [1.54, 1.807) is 20.8 Å². The highest BCUT2D eigenvalue weighted by Gasteiger charge is 2.35. The fraction of sp³-hybridized carbons (Fsp3) is 0.500. The number of carbonyl (C=O) groups is 1. The summed E-state index contributed by atoms with van der Waals surface area (Å²) in [6.45, 7) is 6.18. The smallest absolute Gasteiger partial charge is 0.410 e. The highest BCUT2D eigenvalue weighted by molar-refractivity contribution is 5.69. The van der Waals surface area contributed by atoms with Crippen molar-refractivity contribution in [2.24, 2.45) is 0 Å². The SMILES string of the molecule is CC(C)(C)OC(=O)N1CC(c2ccc(F)cc2F)C1. The second-order valence-electron chi connectivity index (χ2n) is 5.75. The fourth-order valence-corrected chi connectivity index (χ4v) is 1.98. The zero-order valence-corrected chi connectivity index (χ0v) is 11.2. The van der Waals surface area contributed by atoms with E-state index in [1.807, 2.05) is 0 Å². The standard InChI is InChI=1S/C14H17F2NO2/c1-14(2,3)19-13(18)17-7-9(8-17)11-5-4-10(15)6-12(11)16/h4-6,9H,7-8H2,1-3H3. The molecule has 0 aromatic heterocycles. The molecule has 0 aliphatic carbocycles. The highest BCUT2D eigenvalue weighted by atomic mass is 19.1. The van der Waals surface area contributed by atoms with Crippen LogP contribution in [0.5, 0.6) is 0 Å². The van der Waals surface area contributed by atoms with Crippen LogP contribution in [0.15, 0.2) is 18.2 Å². The maximum absolute atomic E-state index is 13.5. The molecule has 0 unspecified atom stereocenters. The van der Waals surface area contributed by atoms with Gasteiger partial charge in [-0.05, 0) is 32.4 Å². The quantitative estimate of drug-likeness (QED) is 0.783. The average molecular weight is 269 g/mol. The third-order valence-electron chi connectivity index (χ3n) is 2.94. The van der Waals surface area contributed by atoms with Gasteiger partial charge >= 0.3 is 6.09 Å². The fourth-order valence-electron chi connectivity index (χ4n) is 1.98. The van der Waals surface area contributed by atoms with E-state index in [1.165, 1.54) is 17.0 Å². The van der Waals surface area contributed by atoms with Crippen molar-refractivity contribution in [2.45, 2.75) is 32.3 Å². The Kier molecular flexibility index (Phi) is 3.47. The van der Waals surface area contributed by atoms with Crippen LogP contribution >= 0.6 is 0 Å². The van der Waals surface area contributed by atoms with Gasteiger partial charge in [-0.15, -0.1) is 0 Å². The van der Waals surface area contributed by atoms with Crippen LogP contribution in [0.3, 0.4) is 0 Å². The third-order valence-corrected chi connectivity index (χ3v) is 2.94. The summed E-state index contributed by atoms with van der Waals surface area (Å²) < 4.78 is 31.6. The molecule has 0 bridgehead atoms. The van der Waals surface area contributed by atoms with Gasteiger partial charge in [0.15, 0.2) is 0 Å². The molecule has 3 nitrogen and oxygen atoms in total. The van der Waals surface area contributed by atoms with Crippen LogP contribution in [0, 0.1) is 11.6 Å². The number of nitrogens with zero attached hydrogens (tertiary/aromatic N) is 1. The molecule has 0 radical (unpaired) electrons. The van der Waals surface area contributed by atoms with Crippen LogP contribution in [0.1, 0.15) is 32.3 Å². The van der Waals surface area contributed by atoms with Gasteiger partial charge < -0.3 is 9.64 Å². The van der Waals surface area contributed by atoms with Crippen LogP contribution in [0.25, 0.3) is 0 Å². The molecule has 5 heteroatoms. The maximum Gasteiger partial charge on any atom is 0.410 e. The molecule has 19 heavy (non-hydrogen) atoms. The molecule has 0 N–H and O–H groups in total. The number of rotatable bonds is 1. The lowest BCUT2D eigenvalue weighted by Gasteiger charge is -2.40. The Morgan fingerprint density at radius 1 is 1.32 bits per heavy atom. The van der Waals surface area contributed by atoms with E-state index < -0.39 is 23.3 Å². The van der Waals surface area contributed by atoms with Crippen molar-refractivity contribution in [3.05, 3.63) is 35.4 Å². The minimum Gasteiger partial charge on any atom is -0.444 e. The molecule has 1 fully saturated rings. The molecular weight excluding hydrogens is 252 g/mol. The van der Waals surface area contributed by atoms with Crippen LogP contribution in [-0.4, -0.2) is 29.7 Å². The zero-order valence-electron chi connectivity index (χ0n) is 11.2. The van der Waals surface area contributed by atoms with Gasteiger partial charge in [-0.1, -0.05) is 6.07 Å². The predicted octanol–water partition coefficient (Wildman–Crippen LogP) is 3.30. The molecule has 1 aromatic rings. The summed E-state index contributed by atoms with van der Waals surface area (Å²) in [6.07, 6.45) is -0.397. The first-order chi connectivity index (χ1) is 8.76. The van der Waals surface area contributed by atoms with Gasteiger partial charge in [-0.3, -0.25) is 0 Å². The number of likely N-dealkylation sites (tertiary alicyclic amines) is 1. The van der Waals surface area contributed by atoms with Crippen LogP contribution < -0.4 is 0 Å². The Hall–Kier alpha value is -1.65. The molecule has 104 valence electrons. The molecular formula is C14H17F2NO2. The summed E-state index contributed by atoms with van der Waals surface area (Å²) in [5, 5.41) is 0. The number of benzene rings is 1. The van der Waals surface area contributed by atoms with Crippen molar-refractivity contribution in [1.82, 2.24) is 4.90 Å². The lowest BCUT2D eigenvalue weighted by molar-refractivity contribution is 0.00789. The molecule has 0 spiro atoms. The van der Waals surface area contributed by atoms with Gasteiger partial charge in [-0.25, -0.2) is 13.6 Å². The van der Waals surface area contributed by atoms with Crippen LogP contribution in [0.2, 0.25) is 0 Å². The topological polar surface area (TPSA) is 29.5 Å². The van der Waals surface area contributed by atoms with Crippen LogP contribution in [0.4, 0.5) is 13.6 Å². The summed E-state index contributed by atoms with van der Waals surface area (Å²) in [6, 6.07) is 3.53. The number of amides is 1. The lowest BCUT2D eigenvalue weighted by Crippen LogP contribution is -2.50. The van der Waals surface area contributed by atoms with E-state index in [0.29, 0.717) is 18.7 Å². The second kappa shape index (κ2) is 4.79. The summed E-state index contributed by atoms with van der Waals surface area (Å²) >= 11 is 0. The molecule has 0 atom stereocenters. The van der Waals surface area contributed by atoms with E-state index in [-0.39, 0.29) is 5.92 Å². The predicted molar refractivity (Wildman–Crippen MR) is 66.9 cm³/mol. The van der Waals surface area contributed by atoms with Crippen molar-refractivity contribution in [3.63, 3.8) is 0 Å². The number of halogens is 2. The average Bonchev–Trinajstić information content (AvgIpc) is 2.16. The van der Waals surface area contributed by atoms with Gasteiger partial charge in [-0.2, -0.15) is 0 Å². The van der Waals surface area contributed by atoms with E-state index in [9.17, 15) is 13.6 Å². The molecule has 2 rings (SSSR count). The number of hydrogen-bond donors (Lipinski definition) is 0. The lowest BCUT2D eigenvalue weighted by atomic mass is 9.91. The van der Waals surface area contributed by atoms with E-state index in [2.05, 4.69) is 0 Å². The normalized spacial score (nSPS) is 16.2. The Bertz CT molecular complexity index is 491. The first-order valence-electron chi connectivity index (χ1n) is 6.19. The van der Waals surface area contributed by atoms with Crippen molar-refractivity contribution in [2.75, 3.05) is 13.1 Å². The summed E-state index contributed by atoms with van der Waals surface area (Å²) in [4.78, 5) is 13.2. The minimum atomic E-state index is -0.593. The summed E-state index contributed by atoms with van der Waals surface area (Å²) in [5.41, 5.74) is -0.0928. The van der Waals surface area contributed by atoms with Crippen molar-refractivity contribution in [1.29, 1.82) is 0 Å². The van der Waals surface area contributed by atoms with E-state index in [4.69, 9.17) is 4.74 Å². The van der Waals surface area contributed by atoms with Gasteiger partial charge in [0.25, 0.3) is 0 Å². The summed E-state index contributed by atoms with van der Waals surface area (Å²) in [5.74, 6) is -1.24. The molecule has 1 aromatic carbocycles. The van der Waals surface area contributed by atoms with E-state index >= 15 is 0 Å². The third kappa shape index (κ3) is 3.22. The molecule has 1 aliphatic rings. The number of carbonyl (C=O) groups excluding carboxylic acids is 1. The molecule has 1 saturated heterocycles. The Morgan fingerprint density at radius 3 is 2.47 bits per heavy atom.